The maximum atomic E-state index is 11.5. The third-order valence-electron chi connectivity index (χ3n) is 2.76. The number of pyridine rings is 2. The van der Waals surface area contributed by atoms with Crippen LogP contribution in [0.15, 0.2) is 36.7 Å². The number of carbonyl (C=O) groups is 2. The fourth-order valence-electron chi connectivity index (χ4n) is 1.69. The van der Waals surface area contributed by atoms with Crippen LogP contribution in [0.1, 0.15) is 26.5 Å². The molecule has 21 heavy (non-hydrogen) atoms. The summed E-state index contributed by atoms with van der Waals surface area (Å²) in [5.41, 5.74) is 1.77. The summed E-state index contributed by atoms with van der Waals surface area (Å²) in [6.45, 7) is 0.346. The quantitative estimate of drug-likeness (QED) is 0.761. The minimum atomic E-state index is -0.996. The Morgan fingerprint density at radius 3 is 2.67 bits per heavy atom. The molecule has 0 saturated heterocycles. The molecule has 2 aromatic heterocycles. The van der Waals surface area contributed by atoms with Crippen molar-refractivity contribution in [3.63, 3.8) is 0 Å². The summed E-state index contributed by atoms with van der Waals surface area (Å²) in [4.78, 5) is 30.4. The summed E-state index contributed by atoms with van der Waals surface area (Å²) >= 11 is 0. The zero-order valence-electron chi connectivity index (χ0n) is 11.3. The normalized spacial score (nSPS) is 9.95. The zero-order valence-corrected chi connectivity index (χ0v) is 11.3. The fraction of sp³-hybridized carbons (Fsp3) is 0.143. The van der Waals surface area contributed by atoms with Crippen LogP contribution in [-0.2, 0) is 6.54 Å². The van der Waals surface area contributed by atoms with Crippen LogP contribution < -0.4 is 10.6 Å². The first-order valence-electron chi connectivity index (χ1n) is 6.20. The van der Waals surface area contributed by atoms with Crippen molar-refractivity contribution in [2.75, 3.05) is 12.4 Å². The number of hydrogen-bond acceptors (Lipinski definition) is 5. The van der Waals surface area contributed by atoms with E-state index in [1.54, 1.807) is 12.1 Å². The summed E-state index contributed by atoms with van der Waals surface area (Å²) in [5, 5.41) is 14.5. The van der Waals surface area contributed by atoms with Gasteiger partial charge in [0.2, 0.25) is 0 Å². The topological polar surface area (TPSA) is 104 Å². The van der Waals surface area contributed by atoms with Crippen LogP contribution in [0.4, 0.5) is 5.69 Å². The second-order valence-corrected chi connectivity index (χ2v) is 4.20. The number of rotatable bonds is 5. The fourth-order valence-corrected chi connectivity index (χ4v) is 1.69. The third kappa shape index (κ3) is 3.75. The summed E-state index contributed by atoms with van der Waals surface area (Å²) < 4.78 is 0. The van der Waals surface area contributed by atoms with Crippen LogP contribution in [-0.4, -0.2) is 34.0 Å². The lowest BCUT2D eigenvalue weighted by Crippen LogP contribution is -2.19. The Morgan fingerprint density at radius 2 is 1.95 bits per heavy atom. The highest BCUT2D eigenvalue weighted by molar-refractivity contribution is 5.92. The highest BCUT2D eigenvalue weighted by atomic mass is 16.4. The highest BCUT2D eigenvalue weighted by Crippen LogP contribution is 2.10. The predicted octanol–water partition coefficient (Wildman–Crippen LogP) is 1.15. The monoisotopic (exact) mass is 286 g/mol. The molecule has 0 spiro atoms. The molecule has 0 aromatic carbocycles. The first kappa shape index (κ1) is 14.4. The summed E-state index contributed by atoms with van der Waals surface area (Å²) in [7, 11) is 1.53. The summed E-state index contributed by atoms with van der Waals surface area (Å²) in [5.74, 6) is -1.27. The Balaban J connectivity index is 2.08. The van der Waals surface area contributed by atoms with Gasteiger partial charge in [0.1, 0.15) is 5.69 Å². The van der Waals surface area contributed by atoms with Gasteiger partial charge in [-0.2, -0.15) is 0 Å². The van der Waals surface area contributed by atoms with E-state index < -0.39 is 5.97 Å². The Labute approximate surface area is 121 Å². The Kier molecular flexibility index (Phi) is 4.45. The van der Waals surface area contributed by atoms with Gasteiger partial charge in [0, 0.05) is 25.1 Å². The lowest BCUT2D eigenvalue weighted by molar-refractivity contribution is 0.0696. The maximum absolute atomic E-state index is 11.5. The van der Waals surface area contributed by atoms with Crippen LogP contribution in [0.5, 0.6) is 0 Å². The largest absolute Gasteiger partial charge is 0.478 e. The van der Waals surface area contributed by atoms with Crippen LogP contribution >= 0.6 is 0 Å². The van der Waals surface area contributed by atoms with Crippen molar-refractivity contribution >= 4 is 17.6 Å². The number of aromatic nitrogens is 2. The van der Waals surface area contributed by atoms with Crippen molar-refractivity contribution < 1.29 is 14.7 Å². The molecule has 7 nitrogen and oxygen atoms in total. The maximum Gasteiger partial charge on any atom is 0.335 e. The number of aromatic carboxylic acids is 1. The number of nitrogens with one attached hydrogen (secondary N) is 2. The van der Waals surface area contributed by atoms with Crippen LogP contribution in [0, 0.1) is 0 Å². The van der Waals surface area contributed by atoms with Gasteiger partial charge >= 0.3 is 5.97 Å². The summed E-state index contributed by atoms with van der Waals surface area (Å²) in [6, 6.07) is 6.26. The van der Waals surface area contributed by atoms with E-state index in [4.69, 9.17) is 5.11 Å². The zero-order chi connectivity index (χ0) is 15.2. The molecule has 0 bridgehead atoms. The van der Waals surface area contributed by atoms with Gasteiger partial charge in [0.25, 0.3) is 5.91 Å². The lowest BCUT2D eigenvalue weighted by atomic mass is 10.2. The molecule has 2 heterocycles. The smallest absolute Gasteiger partial charge is 0.335 e. The van der Waals surface area contributed by atoms with Crippen LogP contribution in [0.25, 0.3) is 0 Å². The summed E-state index contributed by atoms with van der Waals surface area (Å²) in [6.07, 6.45) is 2.97. The van der Waals surface area contributed by atoms with E-state index in [1.807, 2.05) is 0 Å². The van der Waals surface area contributed by atoms with Gasteiger partial charge in [-0.3, -0.25) is 14.8 Å². The minimum absolute atomic E-state index is 0.183. The second kappa shape index (κ2) is 6.47. The van der Waals surface area contributed by atoms with E-state index in [1.165, 1.54) is 31.6 Å². The number of amides is 1. The molecule has 0 aliphatic heterocycles. The number of hydrogen-bond donors (Lipinski definition) is 3. The van der Waals surface area contributed by atoms with Gasteiger partial charge in [-0.05, 0) is 24.3 Å². The number of nitrogens with zero attached hydrogens (tertiary/aromatic N) is 2. The molecule has 0 aliphatic carbocycles. The molecule has 0 radical (unpaired) electrons. The van der Waals surface area contributed by atoms with Crippen molar-refractivity contribution in [2.24, 2.45) is 0 Å². The van der Waals surface area contributed by atoms with Gasteiger partial charge in [-0.1, -0.05) is 0 Å². The molecular formula is C14H14N4O3. The Hall–Kier alpha value is -2.96. The standard InChI is InChI=1S/C14H14N4O3/c1-15-13(19)12-7-10(3-5-17-12)18-8-11-6-9(14(20)21)2-4-16-11/h2-7H,8H2,1H3,(H,15,19)(H,17,18)(H,20,21). The Bertz CT molecular complexity index is 673. The van der Waals surface area contributed by atoms with E-state index in [0.29, 0.717) is 23.6 Å². The average Bonchev–Trinajstić information content (AvgIpc) is 2.52. The van der Waals surface area contributed by atoms with Crippen LogP contribution in [0.2, 0.25) is 0 Å². The van der Waals surface area contributed by atoms with Crippen molar-refractivity contribution in [1.82, 2.24) is 15.3 Å². The van der Waals surface area contributed by atoms with Crippen LogP contribution in [0.3, 0.4) is 0 Å². The highest BCUT2D eigenvalue weighted by Gasteiger charge is 2.06. The molecule has 0 unspecified atom stereocenters. The molecule has 3 N–H and O–H groups in total. The molecule has 0 atom stereocenters. The van der Waals surface area contributed by atoms with Gasteiger partial charge in [-0.15, -0.1) is 0 Å². The van der Waals surface area contributed by atoms with E-state index in [-0.39, 0.29) is 11.5 Å². The number of carbonyl (C=O) groups excluding carboxylic acids is 1. The van der Waals surface area contributed by atoms with E-state index in [9.17, 15) is 9.59 Å². The molecule has 108 valence electrons. The van der Waals surface area contributed by atoms with E-state index >= 15 is 0 Å². The first-order chi connectivity index (χ1) is 10.1. The van der Waals surface area contributed by atoms with Gasteiger partial charge < -0.3 is 15.7 Å². The van der Waals surface area contributed by atoms with Crippen molar-refractivity contribution in [2.45, 2.75) is 6.54 Å². The number of anilines is 1. The predicted molar refractivity (Wildman–Crippen MR) is 76.2 cm³/mol. The van der Waals surface area contributed by atoms with Gasteiger partial charge in [0.05, 0.1) is 17.8 Å². The molecule has 2 rings (SSSR count). The van der Waals surface area contributed by atoms with E-state index in [2.05, 4.69) is 20.6 Å². The number of carboxylic acid groups (broad SMARTS) is 1. The lowest BCUT2D eigenvalue weighted by Gasteiger charge is -2.07. The molecule has 1 amide bonds. The molecule has 2 aromatic rings. The molecule has 0 aliphatic rings. The number of carboxylic acids is 1. The van der Waals surface area contributed by atoms with Crippen molar-refractivity contribution in [3.05, 3.63) is 53.6 Å². The van der Waals surface area contributed by atoms with E-state index in [0.717, 1.165) is 0 Å². The average molecular weight is 286 g/mol. The third-order valence-corrected chi connectivity index (χ3v) is 2.76. The Morgan fingerprint density at radius 1 is 1.19 bits per heavy atom. The second-order valence-electron chi connectivity index (χ2n) is 4.20. The van der Waals surface area contributed by atoms with Gasteiger partial charge in [-0.25, -0.2) is 4.79 Å². The minimum Gasteiger partial charge on any atom is -0.478 e. The van der Waals surface area contributed by atoms with Crippen molar-refractivity contribution in [1.29, 1.82) is 0 Å². The molecular weight excluding hydrogens is 272 g/mol. The molecule has 0 saturated carbocycles. The first-order valence-corrected chi connectivity index (χ1v) is 6.20. The van der Waals surface area contributed by atoms with Gasteiger partial charge in [0.15, 0.2) is 0 Å². The molecule has 7 heteroatoms. The van der Waals surface area contributed by atoms with Crippen molar-refractivity contribution in [3.8, 4) is 0 Å². The SMILES string of the molecule is CNC(=O)c1cc(NCc2cc(C(=O)O)ccn2)ccn1. The molecule has 0 fully saturated rings.